The summed E-state index contributed by atoms with van der Waals surface area (Å²) in [6, 6.07) is 0. The average molecular weight is 185 g/mol. The number of hydrogen-bond acceptors (Lipinski definition) is 3. The Bertz CT molecular complexity index is 195. The fraction of sp³-hybridized carbons (Fsp3) is 0.600. The van der Waals surface area contributed by atoms with Gasteiger partial charge in [-0.25, -0.2) is 8.42 Å². The van der Waals surface area contributed by atoms with Gasteiger partial charge in [-0.1, -0.05) is 6.08 Å². The molecule has 0 aromatic rings. The van der Waals surface area contributed by atoms with Crippen LogP contribution in [-0.2, 0) is 13.8 Å². The molecule has 0 bridgehead atoms. The third-order valence-electron chi connectivity index (χ3n) is 0.747. The highest BCUT2D eigenvalue weighted by Gasteiger charge is 1.94. The van der Waals surface area contributed by atoms with Crippen LogP contribution < -0.4 is 0 Å². The number of halogens is 1. The third-order valence-corrected chi connectivity index (χ3v) is 1.57. The Kier molecular flexibility index (Phi) is 4.68. The minimum atomic E-state index is -3.47. The van der Waals surface area contributed by atoms with Crippen molar-refractivity contribution in [1.29, 1.82) is 0 Å². The van der Waals surface area contributed by atoms with Gasteiger partial charge in [-0.05, 0) is 6.42 Å². The first-order valence-corrected chi connectivity index (χ1v) is 5.03. The molecule has 0 spiro atoms. The standard InChI is InChI=1S/C5H9ClO3S/c1-9-4-2-3-5-10(6,7)8/h3,5H,2,4H2,1H3/b5-3-. The summed E-state index contributed by atoms with van der Waals surface area (Å²) in [5, 5.41) is 0.952. The van der Waals surface area contributed by atoms with E-state index in [0.717, 1.165) is 5.41 Å². The Hall–Kier alpha value is -0.0600. The maximum absolute atomic E-state index is 10.2. The van der Waals surface area contributed by atoms with Gasteiger partial charge >= 0.3 is 0 Å². The normalized spacial score (nSPS) is 12.6. The smallest absolute Gasteiger partial charge is 0.254 e. The largest absolute Gasteiger partial charge is 0.384 e. The van der Waals surface area contributed by atoms with Crippen molar-refractivity contribution in [3.8, 4) is 0 Å². The lowest BCUT2D eigenvalue weighted by atomic mass is 10.5. The molecule has 60 valence electrons. The summed E-state index contributed by atoms with van der Waals surface area (Å²) in [7, 11) is 2.93. The molecule has 0 aliphatic rings. The van der Waals surface area contributed by atoms with Crippen LogP contribution in [0.3, 0.4) is 0 Å². The van der Waals surface area contributed by atoms with Gasteiger partial charge < -0.3 is 4.74 Å². The summed E-state index contributed by atoms with van der Waals surface area (Å²) >= 11 is 0. The minimum absolute atomic E-state index is 0.503. The van der Waals surface area contributed by atoms with Crippen LogP contribution in [-0.4, -0.2) is 22.1 Å². The van der Waals surface area contributed by atoms with Crippen LogP contribution in [0.5, 0.6) is 0 Å². The molecule has 0 heterocycles. The molecule has 0 atom stereocenters. The molecule has 10 heavy (non-hydrogen) atoms. The van der Waals surface area contributed by atoms with E-state index >= 15 is 0 Å². The van der Waals surface area contributed by atoms with Gasteiger partial charge in [-0.15, -0.1) is 0 Å². The zero-order chi connectivity index (χ0) is 8.04. The lowest BCUT2D eigenvalue weighted by Gasteiger charge is -1.88. The Morgan fingerprint density at radius 1 is 1.60 bits per heavy atom. The number of ether oxygens (including phenoxy) is 1. The first kappa shape index (κ1) is 9.94. The van der Waals surface area contributed by atoms with Gasteiger partial charge in [0.25, 0.3) is 9.05 Å². The average Bonchev–Trinajstić information content (AvgIpc) is 1.78. The van der Waals surface area contributed by atoms with Crippen molar-refractivity contribution in [2.75, 3.05) is 13.7 Å². The van der Waals surface area contributed by atoms with Crippen molar-refractivity contribution < 1.29 is 13.2 Å². The summed E-state index contributed by atoms with van der Waals surface area (Å²) < 4.78 is 25.1. The molecule has 5 heteroatoms. The molecule has 0 saturated carbocycles. The Labute approximate surface area is 65.1 Å². The molecular formula is C5H9ClO3S. The highest BCUT2D eigenvalue weighted by atomic mass is 35.7. The second-order valence-corrected chi connectivity index (χ2v) is 4.14. The van der Waals surface area contributed by atoms with Crippen molar-refractivity contribution in [3.63, 3.8) is 0 Å². The van der Waals surface area contributed by atoms with Gasteiger partial charge in [0.2, 0.25) is 0 Å². The van der Waals surface area contributed by atoms with E-state index in [9.17, 15) is 8.42 Å². The van der Waals surface area contributed by atoms with E-state index in [4.69, 9.17) is 10.7 Å². The van der Waals surface area contributed by atoms with Crippen LogP contribution in [0.15, 0.2) is 11.5 Å². The van der Waals surface area contributed by atoms with Crippen molar-refractivity contribution in [1.82, 2.24) is 0 Å². The maximum Gasteiger partial charge on any atom is 0.254 e. The predicted octanol–water partition coefficient (Wildman–Crippen LogP) is 1.11. The highest BCUT2D eigenvalue weighted by molar-refractivity contribution is 8.16. The van der Waals surface area contributed by atoms with Crippen LogP contribution >= 0.6 is 10.7 Å². The fourth-order valence-corrected chi connectivity index (χ4v) is 0.953. The second-order valence-electron chi connectivity index (χ2n) is 1.63. The zero-order valence-electron chi connectivity index (χ0n) is 5.58. The van der Waals surface area contributed by atoms with E-state index in [1.165, 1.54) is 6.08 Å². The van der Waals surface area contributed by atoms with Gasteiger partial charge in [-0.3, -0.25) is 0 Å². The van der Waals surface area contributed by atoms with Crippen LogP contribution in [0.4, 0.5) is 0 Å². The molecule has 0 aliphatic heterocycles. The Morgan fingerprint density at radius 2 is 2.20 bits per heavy atom. The summed E-state index contributed by atoms with van der Waals surface area (Å²) in [4.78, 5) is 0. The summed E-state index contributed by atoms with van der Waals surface area (Å²) in [5.41, 5.74) is 0. The number of hydrogen-bond donors (Lipinski definition) is 0. The highest BCUT2D eigenvalue weighted by Crippen LogP contribution is 1.98. The zero-order valence-corrected chi connectivity index (χ0v) is 7.15. The Balaban J connectivity index is 3.58. The SMILES string of the molecule is COCC/C=C\S(=O)(=O)Cl. The van der Waals surface area contributed by atoms with E-state index in [-0.39, 0.29) is 0 Å². The molecule has 0 saturated heterocycles. The molecule has 3 nitrogen and oxygen atoms in total. The number of rotatable bonds is 4. The molecule has 0 N–H and O–H groups in total. The van der Waals surface area contributed by atoms with Crippen molar-refractivity contribution >= 4 is 19.7 Å². The van der Waals surface area contributed by atoms with Crippen LogP contribution in [0.1, 0.15) is 6.42 Å². The quantitative estimate of drug-likeness (QED) is 0.486. The first-order chi connectivity index (χ1) is 4.56. The lowest BCUT2D eigenvalue weighted by Crippen LogP contribution is -1.85. The maximum atomic E-state index is 10.2. The third kappa shape index (κ3) is 7.94. The van der Waals surface area contributed by atoms with E-state index in [1.807, 2.05) is 0 Å². The second kappa shape index (κ2) is 4.71. The van der Waals surface area contributed by atoms with Crippen LogP contribution in [0.25, 0.3) is 0 Å². The monoisotopic (exact) mass is 184 g/mol. The van der Waals surface area contributed by atoms with E-state index in [1.54, 1.807) is 7.11 Å². The van der Waals surface area contributed by atoms with Crippen molar-refractivity contribution in [3.05, 3.63) is 11.5 Å². The molecule has 0 amide bonds. The van der Waals surface area contributed by atoms with Gasteiger partial charge in [-0.2, -0.15) is 0 Å². The summed E-state index contributed by atoms with van der Waals surface area (Å²) in [5.74, 6) is 0. The summed E-state index contributed by atoms with van der Waals surface area (Å²) in [6.07, 6.45) is 2.01. The minimum Gasteiger partial charge on any atom is -0.384 e. The molecule has 0 aromatic carbocycles. The van der Waals surface area contributed by atoms with Crippen LogP contribution in [0.2, 0.25) is 0 Å². The molecule has 0 rings (SSSR count). The van der Waals surface area contributed by atoms with Gasteiger partial charge in [0.05, 0.1) is 0 Å². The topological polar surface area (TPSA) is 43.4 Å². The molecule has 0 radical (unpaired) electrons. The van der Waals surface area contributed by atoms with E-state index in [0.29, 0.717) is 13.0 Å². The van der Waals surface area contributed by atoms with E-state index < -0.39 is 9.05 Å². The Morgan fingerprint density at radius 3 is 2.60 bits per heavy atom. The number of methoxy groups -OCH3 is 1. The molecule has 0 fully saturated rings. The molecule has 0 aliphatic carbocycles. The van der Waals surface area contributed by atoms with Crippen LogP contribution in [0, 0.1) is 0 Å². The van der Waals surface area contributed by atoms with Gasteiger partial charge in [0.15, 0.2) is 0 Å². The first-order valence-electron chi connectivity index (χ1n) is 2.66. The van der Waals surface area contributed by atoms with Gasteiger partial charge in [0.1, 0.15) is 0 Å². The molecule has 0 unspecified atom stereocenters. The fourth-order valence-electron chi connectivity index (χ4n) is 0.369. The summed E-state index contributed by atoms with van der Waals surface area (Å²) in [6.45, 7) is 0.503. The van der Waals surface area contributed by atoms with Gasteiger partial charge in [0, 0.05) is 29.8 Å². The molecule has 0 aromatic heterocycles. The molecular weight excluding hydrogens is 176 g/mol. The van der Waals surface area contributed by atoms with Crippen molar-refractivity contribution in [2.24, 2.45) is 0 Å². The van der Waals surface area contributed by atoms with E-state index in [2.05, 4.69) is 4.74 Å². The predicted molar refractivity (Wildman–Crippen MR) is 40.4 cm³/mol. The lowest BCUT2D eigenvalue weighted by molar-refractivity contribution is 0.204. The van der Waals surface area contributed by atoms with Crippen molar-refractivity contribution in [2.45, 2.75) is 6.42 Å².